The predicted molar refractivity (Wildman–Crippen MR) is 170 cm³/mol. The van der Waals surface area contributed by atoms with Gasteiger partial charge < -0.3 is 5.32 Å². The van der Waals surface area contributed by atoms with Crippen molar-refractivity contribution >= 4 is 5.78 Å². The molecule has 1 aliphatic carbocycles. The van der Waals surface area contributed by atoms with Crippen LogP contribution in [0.4, 0.5) is 0 Å². The first kappa shape index (κ1) is 26.9. The number of allylic oxidation sites excluding steroid dienone is 6. The lowest BCUT2D eigenvalue weighted by Gasteiger charge is -2.27. The fourth-order valence-electron chi connectivity index (χ4n) is 5.67. The Balaban J connectivity index is 1.50. The summed E-state index contributed by atoms with van der Waals surface area (Å²) in [7, 11) is 0. The first-order valence-corrected chi connectivity index (χ1v) is 14.3. The Bertz CT molecular complexity index is 1630. The van der Waals surface area contributed by atoms with E-state index in [0.717, 1.165) is 39.2 Å². The summed E-state index contributed by atoms with van der Waals surface area (Å²) in [5.41, 5.74) is 7.77. The van der Waals surface area contributed by atoms with Gasteiger partial charge in [0.2, 0.25) is 0 Å². The number of pyridine rings is 1. The Morgan fingerprint density at radius 2 is 1.07 bits per heavy atom. The topological polar surface area (TPSA) is 42.0 Å². The van der Waals surface area contributed by atoms with Gasteiger partial charge in [-0.2, -0.15) is 0 Å². The summed E-state index contributed by atoms with van der Waals surface area (Å²) in [5.74, 6) is -0.459. The van der Waals surface area contributed by atoms with Crippen LogP contribution >= 0.6 is 0 Å². The summed E-state index contributed by atoms with van der Waals surface area (Å²) in [4.78, 5) is 19.2. The lowest BCUT2D eigenvalue weighted by Crippen LogP contribution is -2.25. The number of carbonyl (C=O) groups excluding carboxylic acids is 1. The van der Waals surface area contributed by atoms with Gasteiger partial charge in [0.1, 0.15) is 0 Å². The first-order valence-electron chi connectivity index (χ1n) is 14.3. The number of ketones is 1. The average molecular weight is 545 g/mol. The van der Waals surface area contributed by atoms with Gasteiger partial charge >= 0.3 is 0 Å². The molecule has 0 unspecified atom stereocenters. The maximum atomic E-state index is 14.6. The van der Waals surface area contributed by atoms with Crippen LogP contribution in [0.5, 0.6) is 0 Å². The van der Waals surface area contributed by atoms with Gasteiger partial charge in [-0.05, 0) is 34.4 Å². The van der Waals surface area contributed by atoms with Crippen molar-refractivity contribution in [3.63, 3.8) is 0 Å². The molecule has 1 heterocycles. The van der Waals surface area contributed by atoms with E-state index >= 15 is 0 Å². The van der Waals surface area contributed by atoms with Gasteiger partial charge in [0.25, 0.3) is 0 Å². The summed E-state index contributed by atoms with van der Waals surface area (Å²) in [6, 6.07) is 47.0. The van der Waals surface area contributed by atoms with E-state index < -0.39 is 5.92 Å². The fraction of sp³-hybridized carbons (Fsp3) is 0.0769. The number of rotatable bonds is 10. The van der Waals surface area contributed by atoms with Crippen LogP contribution in [0.2, 0.25) is 0 Å². The molecule has 3 nitrogen and oxygen atoms in total. The summed E-state index contributed by atoms with van der Waals surface area (Å²) >= 11 is 0. The highest BCUT2D eigenvalue weighted by atomic mass is 16.1. The van der Waals surface area contributed by atoms with Crippen molar-refractivity contribution in [1.82, 2.24) is 10.3 Å². The molecule has 0 atom stereocenters. The SMILES string of the molecule is O=C(C1=CC=CC1=C(NCc1ccccn1)C(c1ccccc1)c1ccccc1)C(c1ccccc1)c1ccccc1. The molecule has 204 valence electrons. The van der Waals surface area contributed by atoms with E-state index in [4.69, 9.17) is 0 Å². The number of Topliss-reactive ketones (excluding diaryl/α,β-unsaturated/α-hetero) is 1. The Kier molecular flexibility index (Phi) is 8.28. The standard InChI is InChI=1S/C39H32N2O/c42-39(37(31-20-9-3-10-21-31)32-22-11-4-12-23-32)35-26-15-25-34(35)38(41-28-33-24-13-14-27-40-33)36(29-16-5-1-6-17-29)30-18-7-2-8-19-30/h1-27,36-37,41H,28H2. The Labute approximate surface area is 247 Å². The van der Waals surface area contributed by atoms with Crippen LogP contribution in [0.25, 0.3) is 0 Å². The summed E-state index contributed by atoms with van der Waals surface area (Å²) in [6.45, 7) is 0.534. The second-order valence-electron chi connectivity index (χ2n) is 10.3. The van der Waals surface area contributed by atoms with Crippen LogP contribution < -0.4 is 5.32 Å². The van der Waals surface area contributed by atoms with Crippen LogP contribution in [0, 0.1) is 0 Å². The Morgan fingerprint density at radius 1 is 0.595 bits per heavy atom. The zero-order valence-electron chi connectivity index (χ0n) is 23.3. The molecular weight excluding hydrogens is 512 g/mol. The predicted octanol–water partition coefficient (Wildman–Crippen LogP) is 8.15. The number of nitrogens with zero attached hydrogens (tertiary/aromatic N) is 1. The van der Waals surface area contributed by atoms with Gasteiger partial charge in [0.05, 0.1) is 18.2 Å². The highest BCUT2D eigenvalue weighted by Gasteiger charge is 2.31. The molecule has 0 saturated heterocycles. The first-order chi connectivity index (χ1) is 20.8. The number of carbonyl (C=O) groups is 1. The van der Waals surface area contributed by atoms with E-state index in [1.807, 2.05) is 109 Å². The van der Waals surface area contributed by atoms with Crippen LogP contribution in [-0.4, -0.2) is 10.8 Å². The fourth-order valence-corrected chi connectivity index (χ4v) is 5.67. The highest BCUT2D eigenvalue weighted by molar-refractivity contribution is 6.07. The van der Waals surface area contributed by atoms with Gasteiger partial charge in [0.15, 0.2) is 5.78 Å². The van der Waals surface area contributed by atoms with Gasteiger partial charge in [-0.3, -0.25) is 9.78 Å². The maximum Gasteiger partial charge on any atom is 0.175 e. The highest BCUT2D eigenvalue weighted by Crippen LogP contribution is 2.39. The maximum absolute atomic E-state index is 14.6. The van der Waals surface area contributed by atoms with E-state index in [2.05, 4.69) is 64.9 Å². The molecule has 3 heteroatoms. The molecular formula is C39H32N2O. The number of benzene rings is 4. The molecule has 1 aromatic heterocycles. The molecule has 0 radical (unpaired) electrons. The largest absolute Gasteiger partial charge is 0.381 e. The average Bonchev–Trinajstić information content (AvgIpc) is 3.55. The van der Waals surface area contributed by atoms with Crippen molar-refractivity contribution in [2.45, 2.75) is 18.4 Å². The quantitative estimate of drug-likeness (QED) is 0.193. The van der Waals surface area contributed by atoms with Crippen molar-refractivity contribution in [2.75, 3.05) is 0 Å². The molecule has 0 fully saturated rings. The smallest absolute Gasteiger partial charge is 0.175 e. The minimum atomic E-state index is -0.419. The molecule has 0 spiro atoms. The minimum absolute atomic E-state index is 0.0735. The molecule has 6 rings (SSSR count). The third kappa shape index (κ3) is 5.91. The number of nitrogens with one attached hydrogen (secondary N) is 1. The third-order valence-electron chi connectivity index (χ3n) is 7.64. The van der Waals surface area contributed by atoms with E-state index in [1.165, 1.54) is 0 Å². The zero-order chi connectivity index (χ0) is 28.6. The number of hydrogen-bond donors (Lipinski definition) is 1. The number of aromatic nitrogens is 1. The minimum Gasteiger partial charge on any atom is -0.381 e. The van der Waals surface area contributed by atoms with Crippen molar-refractivity contribution in [2.24, 2.45) is 0 Å². The molecule has 1 N–H and O–H groups in total. The molecule has 0 aliphatic heterocycles. The molecule has 4 aromatic carbocycles. The molecule has 1 aliphatic rings. The van der Waals surface area contributed by atoms with Crippen molar-refractivity contribution in [3.8, 4) is 0 Å². The number of hydrogen-bond acceptors (Lipinski definition) is 3. The van der Waals surface area contributed by atoms with Crippen molar-refractivity contribution in [1.29, 1.82) is 0 Å². The van der Waals surface area contributed by atoms with E-state index in [0.29, 0.717) is 12.1 Å². The summed E-state index contributed by atoms with van der Waals surface area (Å²) in [6.07, 6.45) is 7.83. The van der Waals surface area contributed by atoms with E-state index in [-0.39, 0.29) is 11.7 Å². The Morgan fingerprint density at radius 3 is 1.55 bits per heavy atom. The molecule has 0 amide bonds. The molecule has 42 heavy (non-hydrogen) atoms. The second kappa shape index (κ2) is 12.9. The summed E-state index contributed by atoms with van der Waals surface area (Å²) < 4.78 is 0. The van der Waals surface area contributed by atoms with Crippen LogP contribution in [0.1, 0.15) is 39.8 Å². The van der Waals surface area contributed by atoms with Gasteiger partial charge in [-0.1, -0.05) is 146 Å². The monoisotopic (exact) mass is 544 g/mol. The lowest BCUT2D eigenvalue weighted by molar-refractivity contribution is -0.115. The summed E-state index contributed by atoms with van der Waals surface area (Å²) in [5, 5.41) is 3.75. The van der Waals surface area contributed by atoms with Gasteiger partial charge in [-0.15, -0.1) is 0 Å². The second-order valence-corrected chi connectivity index (χ2v) is 10.3. The van der Waals surface area contributed by atoms with Crippen molar-refractivity contribution in [3.05, 3.63) is 209 Å². The van der Waals surface area contributed by atoms with Crippen LogP contribution in [0.3, 0.4) is 0 Å². The zero-order valence-corrected chi connectivity index (χ0v) is 23.3. The molecule has 0 saturated carbocycles. The normalized spacial score (nSPS) is 13.7. The van der Waals surface area contributed by atoms with E-state index in [1.54, 1.807) is 0 Å². The van der Waals surface area contributed by atoms with Crippen LogP contribution in [-0.2, 0) is 11.3 Å². The van der Waals surface area contributed by atoms with Crippen molar-refractivity contribution < 1.29 is 4.79 Å². The van der Waals surface area contributed by atoms with Gasteiger partial charge in [0, 0.05) is 29.0 Å². The van der Waals surface area contributed by atoms with Gasteiger partial charge in [-0.25, -0.2) is 0 Å². The lowest BCUT2D eigenvalue weighted by atomic mass is 9.80. The molecule has 0 bridgehead atoms. The Hall–Kier alpha value is -5.28. The van der Waals surface area contributed by atoms with Crippen LogP contribution in [0.15, 0.2) is 181 Å². The third-order valence-corrected chi connectivity index (χ3v) is 7.64. The van der Waals surface area contributed by atoms with E-state index in [9.17, 15) is 4.79 Å². The molecule has 5 aromatic rings.